The summed E-state index contributed by atoms with van der Waals surface area (Å²) in [6, 6.07) is 7.59. The molecule has 5 nitrogen and oxygen atoms in total. The smallest absolute Gasteiger partial charge is 0.259 e. The standard InChI is InChI=1S/C24H20F3N3O2/c1-11(2)29-9-14-20(13-7-15(25)23(27)16(26)8-13)22-18(10-30(12(3)31)24(22)32)28-17-5-4-6-19(29)21(14)17/h4-9,11,20,28H,10H2,1-3H3. The molecule has 0 fully saturated rings. The first-order valence-corrected chi connectivity index (χ1v) is 10.3. The summed E-state index contributed by atoms with van der Waals surface area (Å²) in [4.78, 5) is 26.5. The van der Waals surface area contributed by atoms with E-state index < -0.39 is 35.2 Å². The normalized spacial score (nSPS) is 17.8. The van der Waals surface area contributed by atoms with Crippen molar-refractivity contribution in [1.82, 2.24) is 9.47 Å². The topological polar surface area (TPSA) is 54.3 Å². The predicted octanol–water partition coefficient (Wildman–Crippen LogP) is 4.84. The monoisotopic (exact) mass is 439 g/mol. The van der Waals surface area contributed by atoms with E-state index in [-0.39, 0.29) is 23.7 Å². The Labute approximate surface area is 182 Å². The minimum absolute atomic E-state index is 0.0248. The van der Waals surface area contributed by atoms with Crippen molar-refractivity contribution in [2.45, 2.75) is 32.7 Å². The van der Waals surface area contributed by atoms with E-state index in [0.717, 1.165) is 33.6 Å². The SMILES string of the molecule is CC(=O)N1CC2=C(C1=O)C(c1cc(F)c(F)c(F)c1)c1cn(C(C)C)c3cccc(c13)N2. The van der Waals surface area contributed by atoms with Gasteiger partial charge in [0.05, 0.1) is 17.6 Å². The number of rotatable bonds is 2. The summed E-state index contributed by atoms with van der Waals surface area (Å²) in [7, 11) is 0. The number of nitrogens with one attached hydrogen (secondary N) is 1. The molecule has 5 rings (SSSR count). The highest BCUT2D eigenvalue weighted by atomic mass is 19.2. The maximum atomic E-state index is 14.3. The van der Waals surface area contributed by atoms with Crippen molar-refractivity contribution in [2.75, 3.05) is 11.9 Å². The lowest BCUT2D eigenvalue weighted by Crippen LogP contribution is -2.33. The molecule has 32 heavy (non-hydrogen) atoms. The number of carbonyl (C=O) groups excluding carboxylic acids is 2. The van der Waals surface area contributed by atoms with Gasteiger partial charge in [-0.05, 0) is 49.2 Å². The van der Waals surface area contributed by atoms with Crippen LogP contribution < -0.4 is 5.32 Å². The fourth-order valence-corrected chi connectivity index (χ4v) is 4.75. The van der Waals surface area contributed by atoms with Crippen LogP contribution in [0.25, 0.3) is 10.9 Å². The number of benzene rings is 2. The highest BCUT2D eigenvalue weighted by molar-refractivity contribution is 6.11. The van der Waals surface area contributed by atoms with E-state index in [0.29, 0.717) is 11.3 Å². The third-order valence-corrected chi connectivity index (χ3v) is 6.17. The van der Waals surface area contributed by atoms with Gasteiger partial charge in [-0.25, -0.2) is 13.2 Å². The van der Waals surface area contributed by atoms with Crippen molar-refractivity contribution in [3.8, 4) is 0 Å². The molecule has 1 atom stereocenters. The van der Waals surface area contributed by atoms with Gasteiger partial charge in [0, 0.05) is 41.9 Å². The number of nitrogens with zero attached hydrogens (tertiary/aromatic N) is 2. The van der Waals surface area contributed by atoms with Gasteiger partial charge >= 0.3 is 0 Å². The van der Waals surface area contributed by atoms with E-state index in [1.54, 1.807) is 0 Å². The Hall–Kier alpha value is -3.55. The molecule has 8 heteroatoms. The van der Waals surface area contributed by atoms with Crippen molar-refractivity contribution in [1.29, 1.82) is 0 Å². The molecule has 2 aromatic carbocycles. The average molecular weight is 439 g/mol. The fraction of sp³-hybridized carbons (Fsp3) is 0.250. The number of anilines is 1. The Kier molecular flexibility index (Phi) is 4.44. The van der Waals surface area contributed by atoms with Crippen LogP contribution in [0.5, 0.6) is 0 Å². The molecule has 3 aromatic rings. The third kappa shape index (κ3) is 2.78. The van der Waals surface area contributed by atoms with Gasteiger partial charge in [-0.15, -0.1) is 0 Å². The maximum Gasteiger partial charge on any atom is 0.259 e. The largest absolute Gasteiger partial charge is 0.356 e. The molecule has 1 unspecified atom stereocenters. The summed E-state index contributed by atoms with van der Waals surface area (Å²) < 4.78 is 44.3. The fourth-order valence-electron chi connectivity index (χ4n) is 4.75. The molecular formula is C24H20F3N3O2. The average Bonchev–Trinajstić information content (AvgIpc) is 3.22. The summed E-state index contributed by atoms with van der Waals surface area (Å²) in [5.41, 5.74) is 3.10. The van der Waals surface area contributed by atoms with Crippen molar-refractivity contribution < 1.29 is 22.8 Å². The summed E-state index contributed by atoms with van der Waals surface area (Å²) in [6.45, 7) is 5.32. The van der Waals surface area contributed by atoms with Crippen molar-refractivity contribution in [3.63, 3.8) is 0 Å². The number of imide groups is 1. The molecule has 0 saturated carbocycles. The molecule has 2 amide bonds. The molecule has 1 aromatic heterocycles. The van der Waals surface area contributed by atoms with Gasteiger partial charge < -0.3 is 9.88 Å². The van der Waals surface area contributed by atoms with E-state index in [1.165, 1.54) is 6.92 Å². The molecule has 0 bridgehead atoms. The summed E-state index contributed by atoms with van der Waals surface area (Å²) in [5, 5.41) is 4.10. The van der Waals surface area contributed by atoms with Crippen LogP contribution in [-0.2, 0) is 9.59 Å². The minimum Gasteiger partial charge on any atom is -0.356 e. The lowest BCUT2D eigenvalue weighted by molar-refractivity contribution is -0.139. The number of carbonyl (C=O) groups is 2. The Bertz CT molecular complexity index is 1330. The van der Waals surface area contributed by atoms with Gasteiger partial charge in [-0.3, -0.25) is 14.5 Å². The second-order valence-corrected chi connectivity index (χ2v) is 8.44. The number of aromatic nitrogens is 1. The first-order valence-electron chi connectivity index (χ1n) is 10.3. The van der Waals surface area contributed by atoms with Crippen LogP contribution in [0.4, 0.5) is 18.9 Å². The molecule has 2 aliphatic heterocycles. The quantitative estimate of drug-likeness (QED) is 0.582. The Balaban J connectivity index is 1.85. The van der Waals surface area contributed by atoms with Gasteiger partial charge in [0.15, 0.2) is 17.5 Å². The van der Waals surface area contributed by atoms with Gasteiger partial charge in [0.2, 0.25) is 5.91 Å². The number of amides is 2. The second kappa shape index (κ2) is 6.98. The van der Waals surface area contributed by atoms with E-state index in [4.69, 9.17) is 0 Å². The molecule has 2 aliphatic rings. The summed E-state index contributed by atoms with van der Waals surface area (Å²) in [6.07, 6.45) is 1.87. The Morgan fingerprint density at radius 3 is 2.47 bits per heavy atom. The van der Waals surface area contributed by atoms with Crippen LogP contribution in [0.2, 0.25) is 0 Å². The lowest BCUT2D eigenvalue weighted by atomic mass is 9.84. The third-order valence-electron chi connectivity index (χ3n) is 6.17. The van der Waals surface area contributed by atoms with Gasteiger partial charge in [0.1, 0.15) is 0 Å². The number of halogens is 3. The minimum atomic E-state index is -1.57. The van der Waals surface area contributed by atoms with E-state index in [2.05, 4.69) is 5.32 Å². The zero-order valence-corrected chi connectivity index (χ0v) is 17.7. The first-order chi connectivity index (χ1) is 15.2. The van der Waals surface area contributed by atoms with Gasteiger partial charge in [-0.2, -0.15) is 0 Å². The van der Waals surface area contributed by atoms with Crippen LogP contribution in [0.1, 0.15) is 43.9 Å². The van der Waals surface area contributed by atoms with Crippen molar-refractivity contribution in [3.05, 3.63) is 76.4 Å². The van der Waals surface area contributed by atoms with E-state index in [9.17, 15) is 22.8 Å². The molecule has 1 N–H and O–H groups in total. The highest BCUT2D eigenvalue weighted by Gasteiger charge is 2.42. The van der Waals surface area contributed by atoms with Crippen LogP contribution in [0.3, 0.4) is 0 Å². The Morgan fingerprint density at radius 2 is 1.84 bits per heavy atom. The van der Waals surface area contributed by atoms with Crippen LogP contribution in [0.15, 0.2) is 47.8 Å². The zero-order chi connectivity index (χ0) is 22.9. The number of hydrogen-bond donors (Lipinski definition) is 1. The number of hydrogen-bond acceptors (Lipinski definition) is 3. The lowest BCUT2D eigenvalue weighted by Gasteiger charge is -2.20. The summed E-state index contributed by atoms with van der Waals surface area (Å²) in [5.74, 6) is -6.08. The molecule has 0 aliphatic carbocycles. The predicted molar refractivity (Wildman–Crippen MR) is 114 cm³/mol. The van der Waals surface area contributed by atoms with E-state index in [1.807, 2.05) is 42.8 Å². The molecule has 0 saturated heterocycles. The first kappa shape index (κ1) is 20.4. The van der Waals surface area contributed by atoms with Gasteiger partial charge in [-0.1, -0.05) is 6.07 Å². The maximum absolute atomic E-state index is 14.3. The van der Waals surface area contributed by atoms with Gasteiger partial charge in [0.25, 0.3) is 5.91 Å². The van der Waals surface area contributed by atoms with E-state index >= 15 is 0 Å². The molecular weight excluding hydrogens is 419 g/mol. The Morgan fingerprint density at radius 1 is 1.16 bits per heavy atom. The second-order valence-electron chi connectivity index (χ2n) is 8.44. The van der Waals surface area contributed by atoms with Crippen LogP contribution >= 0.6 is 0 Å². The highest BCUT2D eigenvalue weighted by Crippen LogP contribution is 2.47. The molecule has 3 heterocycles. The van der Waals surface area contributed by atoms with Crippen molar-refractivity contribution >= 4 is 28.4 Å². The zero-order valence-electron chi connectivity index (χ0n) is 17.7. The molecule has 0 radical (unpaired) electrons. The van der Waals surface area contributed by atoms with Crippen LogP contribution in [0, 0.1) is 17.5 Å². The summed E-state index contributed by atoms with van der Waals surface area (Å²) >= 11 is 0. The van der Waals surface area contributed by atoms with Crippen LogP contribution in [-0.4, -0.2) is 27.8 Å². The molecule has 164 valence electrons. The van der Waals surface area contributed by atoms with Crippen molar-refractivity contribution in [2.24, 2.45) is 0 Å². The molecule has 0 spiro atoms.